The molecule has 8 heteroatoms. The summed E-state index contributed by atoms with van der Waals surface area (Å²) >= 11 is 4.73. The molecule has 4 rings (SSSR count). The highest BCUT2D eigenvalue weighted by Gasteiger charge is 2.17. The summed E-state index contributed by atoms with van der Waals surface area (Å²) in [5.41, 5.74) is 3.73. The molecular formula is C24H21BrN4O2S. The number of rotatable bonds is 7. The highest BCUT2D eigenvalue weighted by Crippen LogP contribution is 2.29. The van der Waals surface area contributed by atoms with Crippen molar-refractivity contribution in [3.8, 4) is 22.8 Å². The van der Waals surface area contributed by atoms with Gasteiger partial charge in [0.1, 0.15) is 5.75 Å². The first-order valence-corrected chi connectivity index (χ1v) is 11.7. The van der Waals surface area contributed by atoms with Crippen molar-refractivity contribution in [2.75, 3.05) is 18.2 Å². The second-order valence-electron chi connectivity index (χ2n) is 7.05. The quantitative estimate of drug-likeness (QED) is 0.322. The third kappa shape index (κ3) is 5.20. The van der Waals surface area contributed by atoms with Crippen molar-refractivity contribution in [1.82, 2.24) is 14.8 Å². The first kappa shape index (κ1) is 22.1. The summed E-state index contributed by atoms with van der Waals surface area (Å²) < 4.78 is 8.21. The smallest absolute Gasteiger partial charge is 0.234 e. The Kier molecular flexibility index (Phi) is 6.92. The van der Waals surface area contributed by atoms with Gasteiger partial charge in [-0.25, -0.2) is 0 Å². The van der Waals surface area contributed by atoms with Gasteiger partial charge in [-0.05, 0) is 61.5 Å². The number of methoxy groups -OCH3 is 1. The maximum Gasteiger partial charge on any atom is 0.234 e. The predicted molar refractivity (Wildman–Crippen MR) is 132 cm³/mol. The molecule has 0 aliphatic carbocycles. The van der Waals surface area contributed by atoms with E-state index in [1.54, 1.807) is 7.11 Å². The molecule has 0 saturated carbocycles. The number of aryl methyl sites for hydroxylation is 1. The molecular weight excluding hydrogens is 488 g/mol. The number of carbonyl (C=O) groups excluding carboxylic acids is 1. The Balaban J connectivity index is 1.61. The molecule has 0 radical (unpaired) electrons. The SMILES string of the molecule is COc1ccc(-n2c(SCC(=O)Nc3ccc(Br)cc3)nnc2-c2cccc(C)c2)cc1. The number of thioether (sulfide) groups is 1. The van der Waals surface area contributed by atoms with Gasteiger partial charge < -0.3 is 10.1 Å². The third-order valence-electron chi connectivity index (χ3n) is 4.70. The van der Waals surface area contributed by atoms with E-state index >= 15 is 0 Å². The van der Waals surface area contributed by atoms with E-state index in [1.165, 1.54) is 11.8 Å². The topological polar surface area (TPSA) is 69.0 Å². The van der Waals surface area contributed by atoms with E-state index in [9.17, 15) is 4.79 Å². The van der Waals surface area contributed by atoms with Crippen LogP contribution in [0.15, 0.2) is 82.4 Å². The number of aromatic nitrogens is 3. The molecule has 6 nitrogen and oxygen atoms in total. The summed E-state index contributed by atoms with van der Waals surface area (Å²) in [6.45, 7) is 2.04. The van der Waals surface area contributed by atoms with Gasteiger partial charge in [-0.2, -0.15) is 0 Å². The molecule has 0 atom stereocenters. The molecule has 32 heavy (non-hydrogen) atoms. The lowest BCUT2D eigenvalue weighted by Gasteiger charge is -2.11. The number of nitrogens with one attached hydrogen (secondary N) is 1. The number of hydrogen-bond donors (Lipinski definition) is 1. The van der Waals surface area contributed by atoms with Crippen LogP contribution >= 0.6 is 27.7 Å². The van der Waals surface area contributed by atoms with Crippen LogP contribution in [0.1, 0.15) is 5.56 Å². The molecule has 3 aromatic carbocycles. The fourth-order valence-corrected chi connectivity index (χ4v) is 4.18. The van der Waals surface area contributed by atoms with Crippen LogP contribution in [0.2, 0.25) is 0 Å². The summed E-state index contributed by atoms with van der Waals surface area (Å²) in [7, 11) is 1.64. The van der Waals surface area contributed by atoms with Gasteiger partial charge in [0, 0.05) is 21.4 Å². The average molecular weight is 509 g/mol. The molecule has 0 aliphatic rings. The van der Waals surface area contributed by atoms with Gasteiger partial charge in [0.15, 0.2) is 11.0 Å². The molecule has 0 bridgehead atoms. The van der Waals surface area contributed by atoms with Crippen LogP contribution < -0.4 is 10.1 Å². The average Bonchev–Trinajstić information content (AvgIpc) is 3.23. The van der Waals surface area contributed by atoms with Gasteiger partial charge in [-0.1, -0.05) is 51.5 Å². The Bertz CT molecular complexity index is 1220. The Morgan fingerprint density at radius 3 is 2.50 bits per heavy atom. The minimum Gasteiger partial charge on any atom is -0.497 e. The van der Waals surface area contributed by atoms with Gasteiger partial charge in [0.25, 0.3) is 0 Å². The lowest BCUT2D eigenvalue weighted by molar-refractivity contribution is -0.113. The Morgan fingerprint density at radius 1 is 1.06 bits per heavy atom. The first-order valence-electron chi connectivity index (χ1n) is 9.88. The molecule has 1 aromatic heterocycles. The van der Waals surface area contributed by atoms with Crippen molar-refractivity contribution in [3.63, 3.8) is 0 Å². The van der Waals surface area contributed by atoms with Crippen molar-refractivity contribution >= 4 is 39.3 Å². The second kappa shape index (κ2) is 10.0. The van der Waals surface area contributed by atoms with Gasteiger partial charge in [-0.3, -0.25) is 9.36 Å². The van der Waals surface area contributed by atoms with Gasteiger partial charge in [0.05, 0.1) is 12.9 Å². The van der Waals surface area contributed by atoms with Gasteiger partial charge >= 0.3 is 0 Å². The predicted octanol–water partition coefficient (Wildman–Crippen LogP) is 5.74. The number of amides is 1. The Hall–Kier alpha value is -3.10. The second-order valence-corrected chi connectivity index (χ2v) is 8.91. The highest BCUT2D eigenvalue weighted by atomic mass is 79.9. The molecule has 0 fully saturated rings. The molecule has 4 aromatic rings. The molecule has 0 unspecified atom stereocenters. The zero-order chi connectivity index (χ0) is 22.5. The van der Waals surface area contributed by atoms with Crippen LogP contribution in [0, 0.1) is 6.92 Å². The fourth-order valence-electron chi connectivity index (χ4n) is 3.16. The number of ether oxygens (including phenoxy) is 1. The Morgan fingerprint density at radius 2 is 1.81 bits per heavy atom. The van der Waals surface area contributed by atoms with E-state index < -0.39 is 0 Å². The van der Waals surface area contributed by atoms with Crippen molar-refractivity contribution in [2.24, 2.45) is 0 Å². The summed E-state index contributed by atoms with van der Waals surface area (Å²) in [6, 6.07) is 23.3. The molecule has 0 aliphatic heterocycles. The van der Waals surface area contributed by atoms with Crippen molar-refractivity contribution in [3.05, 3.63) is 82.8 Å². The minimum atomic E-state index is -0.112. The van der Waals surface area contributed by atoms with E-state index in [0.717, 1.165) is 38.5 Å². The molecule has 0 saturated heterocycles. The summed E-state index contributed by atoms with van der Waals surface area (Å²) in [5.74, 6) is 1.58. The van der Waals surface area contributed by atoms with Crippen molar-refractivity contribution in [2.45, 2.75) is 12.1 Å². The maximum atomic E-state index is 12.5. The molecule has 0 spiro atoms. The normalized spacial score (nSPS) is 10.7. The largest absolute Gasteiger partial charge is 0.497 e. The molecule has 1 heterocycles. The van der Waals surface area contributed by atoms with E-state index in [-0.39, 0.29) is 11.7 Å². The van der Waals surface area contributed by atoms with Crippen LogP contribution in [0.4, 0.5) is 5.69 Å². The zero-order valence-corrected chi connectivity index (χ0v) is 20.0. The Labute approximate surface area is 199 Å². The lowest BCUT2D eigenvalue weighted by atomic mass is 10.1. The van der Waals surface area contributed by atoms with Crippen LogP contribution in [-0.2, 0) is 4.79 Å². The lowest BCUT2D eigenvalue weighted by Crippen LogP contribution is -2.14. The molecule has 1 N–H and O–H groups in total. The van der Waals surface area contributed by atoms with Gasteiger partial charge in [-0.15, -0.1) is 10.2 Å². The van der Waals surface area contributed by atoms with Crippen molar-refractivity contribution < 1.29 is 9.53 Å². The number of halogens is 1. The van der Waals surface area contributed by atoms with Crippen LogP contribution in [-0.4, -0.2) is 33.5 Å². The number of hydrogen-bond acceptors (Lipinski definition) is 5. The highest BCUT2D eigenvalue weighted by molar-refractivity contribution is 9.10. The van der Waals surface area contributed by atoms with Crippen LogP contribution in [0.5, 0.6) is 5.75 Å². The van der Waals surface area contributed by atoms with Crippen LogP contribution in [0.25, 0.3) is 17.1 Å². The standard InChI is InChI=1S/C24H21BrN4O2S/c1-16-4-3-5-17(14-16)23-27-28-24(29(23)20-10-12-21(31-2)13-11-20)32-15-22(30)26-19-8-6-18(25)7-9-19/h3-14H,15H2,1-2H3,(H,26,30). The van der Waals surface area contributed by atoms with E-state index in [1.807, 2.05) is 78.2 Å². The molecule has 1 amide bonds. The summed E-state index contributed by atoms with van der Waals surface area (Å²) in [5, 5.41) is 12.4. The monoisotopic (exact) mass is 508 g/mol. The van der Waals surface area contributed by atoms with Gasteiger partial charge in [0.2, 0.25) is 5.91 Å². The van der Waals surface area contributed by atoms with E-state index in [4.69, 9.17) is 4.74 Å². The van der Waals surface area contributed by atoms with E-state index in [0.29, 0.717) is 5.16 Å². The summed E-state index contributed by atoms with van der Waals surface area (Å²) in [4.78, 5) is 12.5. The number of nitrogens with zero attached hydrogens (tertiary/aromatic N) is 3. The van der Waals surface area contributed by atoms with Crippen LogP contribution in [0.3, 0.4) is 0 Å². The third-order valence-corrected chi connectivity index (χ3v) is 6.16. The van der Waals surface area contributed by atoms with Crippen molar-refractivity contribution in [1.29, 1.82) is 0 Å². The zero-order valence-electron chi connectivity index (χ0n) is 17.6. The molecule has 162 valence electrons. The fraction of sp³-hybridized carbons (Fsp3) is 0.125. The number of anilines is 1. The van der Waals surface area contributed by atoms with E-state index in [2.05, 4.69) is 37.5 Å². The number of benzene rings is 3. The maximum absolute atomic E-state index is 12.5. The minimum absolute atomic E-state index is 0.112. The number of carbonyl (C=O) groups is 1. The summed E-state index contributed by atoms with van der Waals surface area (Å²) in [6.07, 6.45) is 0. The first-order chi connectivity index (χ1) is 15.5.